The van der Waals surface area contributed by atoms with Gasteiger partial charge in [-0.05, 0) is 13.8 Å². The lowest BCUT2D eigenvalue weighted by Gasteiger charge is -1.90. The number of hydrogen-bond acceptors (Lipinski definition) is 5. The molecule has 0 spiro atoms. The van der Waals surface area contributed by atoms with Gasteiger partial charge in [0, 0.05) is 23.9 Å². The molecular formula is C9H11N3S2. The Morgan fingerprint density at radius 1 is 1.07 bits per heavy atom. The standard InChI is InChI=1S/C9H11N3S2/c1-6-5-10-8(13-6)3-4-9-12-11-7(2)14-9/h5H,3-4H2,1-2H3. The molecule has 0 radical (unpaired) electrons. The van der Waals surface area contributed by atoms with E-state index in [-0.39, 0.29) is 0 Å². The average molecular weight is 225 g/mol. The van der Waals surface area contributed by atoms with Gasteiger partial charge in [-0.15, -0.1) is 32.9 Å². The van der Waals surface area contributed by atoms with Crippen LogP contribution in [0.3, 0.4) is 0 Å². The lowest BCUT2D eigenvalue weighted by atomic mass is 10.3. The van der Waals surface area contributed by atoms with Gasteiger partial charge in [0.25, 0.3) is 0 Å². The zero-order valence-electron chi connectivity index (χ0n) is 8.15. The molecule has 14 heavy (non-hydrogen) atoms. The summed E-state index contributed by atoms with van der Waals surface area (Å²) in [6, 6.07) is 0. The molecule has 2 aromatic rings. The Kier molecular flexibility index (Phi) is 2.88. The first kappa shape index (κ1) is 9.73. The fraction of sp³-hybridized carbons (Fsp3) is 0.444. The van der Waals surface area contributed by atoms with Crippen molar-refractivity contribution in [1.29, 1.82) is 0 Å². The van der Waals surface area contributed by atoms with Crippen LogP contribution in [0, 0.1) is 13.8 Å². The Morgan fingerprint density at radius 2 is 1.86 bits per heavy atom. The maximum Gasteiger partial charge on any atom is 0.117 e. The minimum atomic E-state index is 0.957. The van der Waals surface area contributed by atoms with Gasteiger partial charge in [0.05, 0.1) is 5.01 Å². The third kappa shape index (κ3) is 2.36. The van der Waals surface area contributed by atoms with Gasteiger partial charge < -0.3 is 0 Å². The fourth-order valence-electron chi connectivity index (χ4n) is 1.17. The summed E-state index contributed by atoms with van der Waals surface area (Å²) in [5, 5.41) is 11.4. The predicted molar refractivity (Wildman–Crippen MR) is 58.9 cm³/mol. The maximum atomic E-state index is 4.31. The van der Waals surface area contributed by atoms with Crippen LogP contribution in [0.25, 0.3) is 0 Å². The molecule has 0 aliphatic heterocycles. The molecule has 5 heteroatoms. The molecule has 0 aliphatic rings. The van der Waals surface area contributed by atoms with Crippen molar-refractivity contribution in [2.75, 3.05) is 0 Å². The van der Waals surface area contributed by atoms with Gasteiger partial charge in [0.1, 0.15) is 10.0 Å². The normalized spacial score (nSPS) is 10.7. The second-order valence-electron chi connectivity index (χ2n) is 3.08. The average Bonchev–Trinajstić information content (AvgIpc) is 2.72. The van der Waals surface area contributed by atoms with E-state index < -0.39 is 0 Å². The van der Waals surface area contributed by atoms with Crippen molar-refractivity contribution >= 4 is 22.7 Å². The van der Waals surface area contributed by atoms with Crippen LogP contribution in [0.2, 0.25) is 0 Å². The second-order valence-corrected chi connectivity index (χ2v) is 5.66. The topological polar surface area (TPSA) is 38.7 Å². The van der Waals surface area contributed by atoms with Crippen LogP contribution in [0.4, 0.5) is 0 Å². The molecule has 0 saturated heterocycles. The number of aromatic nitrogens is 3. The molecule has 0 bridgehead atoms. The molecule has 0 amide bonds. The molecule has 2 aromatic heterocycles. The van der Waals surface area contributed by atoms with E-state index in [1.165, 1.54) is 9.88 Å². The third-order valence-corrected chi connectivity index (χ3v) is 3.66. The Morgan fingerprint density at radius 3 is 2.43 bits per heavy atom. The van der Waals surface area contributed by atoms with Crippen molar-refractivity contribution in [2.45, 2.75) is 26.7 Å². The van der Waals surface area contributed by atoms with Crippen molar-refractivity contribution in [3.63, 3.8) is 0 Å². The van der Waals surface area contributed by atoms with Gasteiger partial charge in [-0.25, -0.2) is 4.98 Å². The first-order chi connectivity index (χ1) is 6.74. The van der Waals surface area contributed by atoms with Gasteiger partial charge in [0.2, 0.25) is 0 Å². The molecule has 0 N–H and O–H groups in total. The molecule has 3 nitrogen and oxygen atoms in total. The molecule has 0 fully saturated rings. The zero-order valence-corrected chi connectivity index (χ0v) is 9.78. The lowest BCUT2D eigenvalue weighted by molar-refractivity contribution is 0.890. The van der Waals surface area contributed by atoms with E-state index in [1.54, 1.807) is 22.7 Å². The summed E-state index contributed by atoms with van der Waals surface area (Å²) in [7, 11) is 0. The zero-order chi connectivity index (χ0) is 9.97. The van der Waals surface area contributed by atoms with Gasteiger partial charge in [-0.2, -0.15) is 0 Å². The van der Waals surface area contributed by atoms with Crippen LogP contribution >= 0.6 is 22.7 Å². The number of aryl methyl sites for hydroxylation is 4. The van der Waals surface area contributed by atoms with Gasteiger partial charge in [-0.3, -0.25) is 0 Å². The summed E-state index contributed by atoms with van der Waals surface area (Å²) in [6.45, 7) is 4.06. The highest BCUT2D eigenvalue weighted by atomic mass is 32.1. The summed E-state index contributed by atoms with van der Waals surface area (Å²) < 4.78 is 0. The smallest absolute Gasteiger partial charge is 0.117 e. The summed E-state index contributed by atoms with van der Waals surface area (Å²) >= 11 is 3.43. The van der Waals surface area contributed by atoms with Crippen LogP contribution in [-0.2, 0) is 12.8 Å². The summed E-state index contributed by atoms with van der Waals surface area (Å²) in [5.74, 6) is 0. The summed E-state index contributed by atoms with van der Waals surface area (Å²) in [5.41, 5.74) is 0. The van der Waals surface area contributed by atoms with E-state index in [2.05, 4.69) is 22.1 Å². The highest BCUT2D eigenvalue weighted by Crippen LogP contribution is 2.15. The second kappa shape index (κ2) is 4.14. The molecule has 0 aromatic carbocycles. The first-order valence-corrected chi connectivity index (χ1v) is 6.07. The van der Waals surface area contributed by atoms with Gasteiger partial charge in [-0.1, -0.05) is 0 Å². The van der Waals surface area contributed by atoms with E-state index in [4.69, 9.17) is 0 Å². The van der Waals surface area contributed by atoms with Crippen LogP contribution in [0.15, 0.2) is 6.20 Å². The van der Waals surface area contributed by atoms with Gasteiger partial charge >= 0.3 is 0 Å². The number of hydrogen-bond donors (Lipinski definition) is 0. The van der Waals surface area contributed by atoms with Gasteiger partial charge in [0.15, 0.2) is 0 Å². The molecule has 0 aliphatic carbocycles. The predicted octanol–water partition coefficient (Wildman–Crippen LogP) is 2.40. The van der Waals surface area contributed by atoms with Crippen LogP contribution < -0.4 is 0 Å². The maximum absolute atomic E-state index is 4.31. The van der Waals surface area contributed by atoms with Crippen molar-refractivity contribution in [3.05, 3.63) is 26.1 Å². The Bertz CT molecular complexity index is 379. The van der Waals surface area contributed by atoms with Crippen molar-refractivity contribution in [1.82, 2.24) is 15.2 Å². The lowest BCUT2D eigenvalue weighted by Crippen LogP contribution is -1.89. The van der Waals surface area contributed by atoms with Crippen LogP contribution in [-0.4, -0.2) is 15.2 Å². The minimum Gasteiger partial charge on any atom is -0.249 e. The third-order valence-electron chi connectivity index (χ3n) is 1.79. The van der Waals surface area contributed by atoms with Crippen molar-refractivity contribution < 1.29 is 0 Å². The van der Waals surface area contributed by atoms with E-state index in [9.17, 15) is 0 Å². The summed E-state index contributed by atoms with van der Waals surface area (Å²) in [4.78, 5) is 5.58. The minimum absolute atomic E-state index is 0.957. The van der Waals surface area contributed by atoms with Crippen LogP contribution in [0.1, 0.15) is 19.9 Å². The molecule has 0 atom stereocenters. The molecule has 74 valence electrons. The fourth-order valence-corrected chi connectivity index (χ4v) is 2.66. The molecule has 0 unspecified atom stereocenters. The van der Waals surface area contributed by atoms with E-state index in [0.29, 0.717) is 0 Å². The Labute approximate surface area is 90.9 Å². The Balaban J connectivity index is 1.94. The van der Waals surface area contributed by atoms with E-state index in [0.717, 1.165) is 22.9 Å². The van der Waals surface area contributed by atoms with Crippen molar-refractivity contribution in [3.8, 4) is 0 Å². The number of nitrogens with zero attached hydrogens (tertiary/aromatic N) is 3. The largest absolute Gasteiger partial charge is 0.249 e. The molecule has 2 heterocycles. The quantitative estimate of drug-likeness (QED) is 0.805. The highest BCUT2D eigenvalue weighted by Gasteiger charge is 2.03. The van der Waals surface area contributed by atoms with E-state index >= 15 is 0 Å². The molecular weight excluding hydrogens is 214 g/mol. The number of rotatable bonds is 3. The first-order valence-electron chi connectivity index (χ1n) is 4.44. The summed E-state index contributed by atoms with van der Waals surface area (Å²) in [6.07, 6.45) is 3.86. The highest BCUT2D eigenvalue weighted by molar-refractivity contribution is 7.11. The SMILES string of the molecule is Cc1cnc(CCc2nnc(C)s2)s1. The monoisotopic (exact) mass is 225 g/mol. The van der Waals surface area contributed by atoms with Crippen molar-refractivity contribution in [2.24, 2.45) is 0 Å². The molecule has 0 saturated carbocycles. The molecule has 2 rings (SSSR count). The Hall–Kier alpha value is -0.810. The van der Waals surface area contributed by atoms with Crippen LogP contribution in [0.5, 0.6) is 0 Å². The van der Waals surface area contributed by atoms with E-state index in [1.807, 2.05) is 13.1 Å². The number of thiazole rings is 1.